The van der Waals surface area contributed by atoms with Gasteiger partial charge in [-0.05, 0) is 53.5 Å². The molecule has 2 aromatic rings. The zero-order chi connectivity index (χ0) is 15.4. The van der Waals surface area contributed by atoms with Crippen LogP contribution < -0.4 is 5.32 Å². The molecule has 1 amide bonds. The smallest absolute Gasteiger partial charge is 0.266 e. The Kier molecular flexibility index (Phi) is 4.94. The summed E-state index contributed by atoms with van der Waals surface area (Å²) in [5, 5.41) is 13.9. The maximum Gasteiger partial charge on any atom is 0.266 e. The van der Waals surface area contributed by atoms with E-state index >= 15 is 0 Å². The molecule has 1 aromatic carbocycles. The molecule has 1 N–H and O–H groups in total. The third-order valence-electron chi connectivity index (χ3n) is 2.87. The van der Waals surface area contributed by atoms with E-state index in [2.05, 4.69) is 21.2 Å². The summed E-state index contributed by atoms with van der Waals surface area (Å²) < 4.78 is 0.936. The highest BCUT2D eigenvalue weighted by Gasteiger charge is 2.11. The minimum Gasteiger partial charge on any atom is -0.321 e. The number of nitriles is 1. The third-order valence-corrected chi connectivity index (χ3v) is 4.51. The van der Waals surface area contributed by atoms with Crippen molar-refractivity contribution in [1.82, 2.24) is 0 Å². The predicted octanol–water partition coefficient (Wildman–Crippen LogP) is 4.67. The van der Waals surface area contributed by atoms with Crippen LogP contribution in [0.3, 0.4) is 0 Å². The first-order chi connectivity index (χ1) is 9.99. The Bertz CT molecular complexity index is 756. The van der Waals surface area contributed by atoms with Crippen LogP contribution in [0.5, 0.6) is 0 Å². The van der Waals surface area contributed by atoms with Gasteiger partial charge in [0.05, 0.1) is 0 Å². The van der Waals surface area contributed by atoms with Gasteiger partial charge in [0.2, 0.25) is 0 Å². The van der Waals surface area contributed by atoms with Crippen molar-refractivity contribution in [1.29, 1.82) is 5.26 Å². The summed E-state index contributed by atoms with van der Waals surface area (Å²) in [6.07, 6.45) is 1.59. The van der Waals surface area contributed by atoms with Crippen molar-refractivity contribution in [2.24, 2.45) is 0 Å². The summed E-state index contributed by atoms with van der Waals surface area (Å²) in [5.74, 6) is -0.394. The molecule has 1 heterocycles. The third kappa shape index (κ3) is 4.03. The molecular formula is C16H13BrN2OS. The molecule has 5 heteroatoms. The highest BCUT2D eigenvalue weighted by molar-refractivity contribution is 9.10. The van der Waals surface area contributed by atoms with Gasteiger partial charge in [-0.2, -0.15) is 5.26 Å². The molecule has 0 atom stereocenters. The second-order valence-electron chi connectivity index (χ2n) is 4.61. The number of halogens is 1. The van der Waals surface area contributed by atoms with Gasteiger partial charge < -0.3 is 5.32 Å². The second-order valence-corrected chi connectivity index (χ2v) is 6.47. The van der Waals surface area contributed by atoms with Gasteiger partial charge in [-0.1, -0.05) is 17.7 Å². The maximum absolute atomic E-state index is 12.2. The summed E-state index contributed by atoms with van der Waals surface area (Å²) in [5.41, 5.74) is 2.91. The molecule has 1 aromatic heterocycles. The number of rotatable bonds is 3. The summed E-state index contributed by atoms with van der Waals surface area (Å²) in [7, 11) is 0. The Labute approximate surface area is 136 Å². The Morgan fingerprint density at radius 1 is 1.38 bits per heavy atom. The van der Waals surface area contributed by atoms with E-state index in [1.54, 1.807) is 6.08 Å². The molecule has 0 bridgehead atoms. The van der Waals surface area contributed by atoms with Crippen molar-refractivity contribution in [3.63, 3.8) is 0 Å². The monoisotopic (exact) mass is 360 g/mol. The fraction of sp³-hybridized carbons (Fsp3) is 0.125. The Morgan fingerprint density at radius 3 is 2.71 bits per heavy atom. The zero-order valence-electron chi connectivity index (χ0n) is 11.6. The fourth-order valence-corrected chi connectivity index (χ4v) is 3.21. The van der Waals surface area contributed by atoms with Crippen LogP contribution in [-0.4, -0.2) is 5.91 Å². The minimum absolute atomic E-state index is 0.0873. The standard InChI is InChI=1S/C16H13BrN2OS/c1-10-3-4-15(11(2)5-10)19-16(20)12(8-18)6-14-7-13(17)9-21-14/h3-7,9H,1-2H3,(H,19,20)/b12-6+. The van der Waals surface area contributed by atoms with Crippen LogP contribution in [0.1, 0.15) is 16.0 Å². The number of hydrogen-bond donors (Lipinski definition) is 1. The van der Waals surface area contributed by atoms with Gasteiger partial charge in [0.15, 0.2) is 0 Å². The number of anilines is 1. The van der Waals surface area contributed by atoms with Crippen molar-refractivity contribution < 1.29 is 4.79 Å². The normalized spacial score (nSPS) is 11.0. The van der Waals surface area contributed by atoms with Gasteiger partial charge in [0, 0.05) is 20.4 Å². The molecule has 0 saturated heterocycles. The number of thiophene rings is 1. The number of nitrogens with zero attached hydrogens (tertiary/aromatic N) is 1. The molecule has 0 unspecified atom stereocenters. The molecule has 2 rings (SSSR count). The lowest BCUT2D eigenvalue weighted by Gasteiger charge is -2.08. The van der Waals surface area contributed by atoms with Crippen LogP contribution in [0, 0.1) is 25.2 Å². The number of nitrogens with one attached hydrogen (secondary N) is 1. The van der Waals surface area contributed by atoms with Gasteiger partial charge in [-0.25, -0.2) is 0 Å². The molecule has 106 valence electrons. The number of carbonyl (C=O) groups excluding carboxylic acids is 1. The summed E-state index contributed by atoms with van der Waals surface area (Å²) in [6.45, 7) is 3.92. The number of carbonyl (C=O) groups is 1. The van der Waals surface area contributed by atoms with E-state index in [0.29, 0.717) is 0 Å². The molecule has 0 spiro atoms. The van der Waals surface area contributed by atoms with Gasteiger partial charge in [0.1, 0.15) is 11.6 Å². The Morgan fingerprint density at radius 2 is 2.14 bits per heavy atom. The van der Waals surface area contributed by atoms with Crippen LogP contribution in [0.4, 0.5) is 5.69 Å². The van der Waals surface area contributed by atoms with Crippen molar-refractivity contribution in [2.75, 3.05) is 5.32 Å². The molecule has 0 radical (unpaired) electrons. The molecule has 21 heavy (non-hydrogen) atoms. The number of amides is 1. The summed E-state index contributed by atoms with van der Waals surface area (Å²) in [6, 6.07) is 9.58. The predicted molar refractivity (Wildman–Crippen MR) is 90.2 cm³/mol. The first-order valence-electron chi connectivity index (χ1n) is 6.24. The maximum atomic E-state index is 12.2. The Hall–Kier alpha value is -1.90. The topological polar surface area (TPSA) is 52.9 Å². The highest BCUT2D eigenvalue weighted by Crippen LogP contribution is 2.23. The van der Waals surface area contributed by atoms with E-state index in [4.69, 9.17) is 5.26 Å². The van der Waals surface area contributed by atoms with Gasteiger partial charge in [-0.15, -0.1) is 11.3 Å². The van der Waals surface area contributed by atoms with E-state index < -0.39 is 5.91 Å². The van der Waals surface area contributed by atoms with Crippen molar-refractivity contribution in [3.8, 4) is 6.07 Å². The van der Waals surface area contributed by atoms with Crippen LogP contribution in [0.15, 0.2) is 39.7 Å². The van der Waals surface area contributed by atoms with Crippen LogP contribution >= 0.6 is 27.3 Å². The molecule has 3 nitrogen and oxygen atoms in total. The van der Waals surface area contributed by atoms with E-state index in [1.165, 1.54) is 11.3 Å². The lowest BCUT2D eigenvalue weighted by atomic mass is 10.1. The highest BCUT2D eigenvalue weighted by atomic mass is 79.9. The zero-order valence-corrected chi connectivity index (χ0v) is 14.0. The first-order valence-corrected chi connectivity index (χ1v) is 7.91. The molecule has 0 aliphatic carbocycles. The molecule has 0 aliphatic heterocycles. The van der Waals surface area contributed by atoms with E-state index in [-0.39, 0.29) is 5.57 Å². The second kappa shape index (κ2) is 6.70. The van der Waals surface area contributed by atoms with E-state index in [9.17, 15) is 4.79 Å². The summed E-state index contributed by atoms with van der Waals surface area (Å²) >= 11 is 4.82. The van der Waals surface area contributed by atoms with Crippen LogP contribution in [0.2, 0.25) is 0 Å². The quantitative estimate of drug-likeness (QED) is 0.638. The first kappa shape index (κ1) is 15.5. The fourth-order valence-electron chi connectivity index (χ4n) is 1.84. The minimum atomic E-state index is -0.394. The lowest BCUT2D eigenvalue weighted by molar-refractivity contribution is -0.112. The summed E-state index contributed by atoms with van der Waals surface area (Å²) in [4.78, 5) is 13.0. The number of aryl methyl sites for hydroxylation is 2. The van der Waals surface area contributed by atoms with Gasteiger partial charge in [0.25, 0.3) is 5.91 Å². The van der Waals surface area contributed by atoms with Crippen LogP contribution in [0.25, 0.3) is 6.08 Å². The van der Waals surface area contributed by atoms with Crippen molar-refractivity contribution in [3.05, 3.63) is 55.7 Å². The largest absolute Gasteiger partial charge is 0.321 e. The number of hydrogen-bond acceptors (Lipinski definition) is 3. The number of benzene rings is 1. The van der Waals surface area contributed by atoms with Crippen LogP contribution in [-0.2, 0) is 4.79 Å². The van der Waals surface area contributed by atoms with Crippen molar-refractivity contribution in [2.45, 2.75) is 13.8 Å². The molecular weight excluding hydrogens is 348 g/mol. The van der Waals surface area contributed by atoms with Gasteiger partial charge in [-0.3, -0.25) is 4.79 Å². The SMILES string of the molecule is Cc1ccc(NC(=O)/C(C#N)=C/c2cc(Br)cs2)c(C)c1. The lowest BCUT2D eigenvalue weighted by Crippen LogP contribution is -2.14. The average molecular weight is 361 g/mol. The molecule has 0 aliphatic rings. The Balaban J connectivity index is 2.21. The van der Waals surface area contributed by atoms with E-state index in [1.807, 2.05) is 49.6 Å². The molecule has 0 saturated carbocycles. The van der Waals surface area contributed by atoms with Gasteiger partial charge >= 0.3 is 0 Å². The van der Waals surface area contributed by atoms with E-state index in [0.717, 1.165) is 26.2 Å². The van der Waals surface area contributed by atoms with Crippen molar-refractivity contribution >= 4 is 44.9 Å². The molecule has 0 fully saturated rings. The average Bonchev–Trinajstić information content (AvgIpc) is 2.84.